The Morgan fingerprint density at radius 1 is 1.40 bits per heavy atom. The summed E-state index contributed by atoms with van der Waals surface area (Å²) in [6.07, 6.45) is 3.25. The first-order valence-electron chi connectivity index (χ1n) is 8.72. The Morgan fingerprint density at radius 2 is 2.28 bits per heavy atom. The summed E-state index contributed by atoms with van der Waals surface area (Å²) in [5.74, 6) is 1.45. The van der Waals surface area contributed by atoms with E-state index in [2.05, 4.69) is 51.7 Å². The van der Waals surface area contributed by atoms with E-state index in [1.165, 1.54) is 0 Å². The fourth-order valence-electron chi connectivity index (χ4n) is 4.13. The number of carbonyl (C=O) groups is 1. The Labute approximate surface area is 145 Å². The van der Waals surface area contributed by atoms with Crippen molar-refractivity contribution in [3.63, 3.8) is 0 Å². The monoisotopic (exact) mass is 339 g/mol. The van der Waals surface area contributed by atoms with Gasteiger partial charge in [-0.1, -0.05) is 0 Å². The molecule has 4 heterocycles. The molecule has 0 aliphatic carbocycles. The summed E-state index contributed by atoms with van der Waals surface area (Å²) in [4.78, 5) is 14.1. The van der Waals surface area contributed by atoms with Crippen LogP contribution in [0.3, 0.4) is 0 Å². The molecule has 1 aromatic heterocycles. The summed E-state index contributed by atoms with van der Waals surface area (Å²) in [5, 5.41) is 8.78. The lowest BCUT2D eigenvalue weighted by Crippen LogP contribution is -2.55. The largest absolute Gasteiger partial charge is 0.483 e. The lowest BCUT2D eigenvalue weighted by Gasteiger charge is -2.38. The molecule has 0 spiro atoms. The van der Waals surface area contributed by atoms with Gasteiger partial charge in [0.2, 0.25) is 0 Å². The predicted molar refractivity (Wildman–Crippen MR) is 96.1 cm³/mol. The Kier molecular flexibility index (Phi) is 2.94. The topological polar surface area (TPSA) is 70.9 Å². The highest BCUT2D eigenvalue weighted by atomic mass is 16.5. The zero-order valence-electron chi connectivity index (χ0n) is 14.4. The quantitative estimate of drug-likeness (QED) is 0.823. The standard InChI is InChI=1S/C18H21N5O2/c1-11-17(24)21-20-16-9-25-15-7-12-3-6-22(18(2)4-5-19-10-18)13(12)8-14(15)23(11)16/h3,6-8,11,19H,4-5,9-10H2,1-2H3,(H,21,24)/t11-,18+/m0/s1. The van der Waals surface area contributed by atoms with Crippen molar-refractivity contribution in [2.75, 3.05) is 24.6 Å². The molecule has 0 unspecified atom stereocenters. The minimum absolute atomic E-state index is 0.0628. The Hall–Kier alpha value is -2.54. The number of fused-ring (bicyclic) bond motifs is 4. The van der Waals surface area contributed by atoms with Gasteiger partial charge >= 0.3 is 0 Å². The van der Waals surface area contributed by atoms with Crippen LogP contribution in [0.4, 0.5) is 5.69 Å². The van der Waals surface area contributed by atoms with Crippen LogP contribution < -0.4 is 20.4 Å². The lowest BCUT2D eigenvalue weighted by atomic mass is 10.0. The van der Waals surface area contributed by atoms with E-state index in [1.807, 2.05) is 11.8 Å². The number of hydrogen-bond acceptors (Lipinski definition) is 5. The molecule has 130 valence electrons. The molecule has 3 aliphatic rings. The van der Waals surface area contributed by atoms with Crippen LogP contribution in [0.5, 0.6) is 5.75 Å². The molecule has 7 heteroatoms. The number of nitrogens with one attached hydrogen (secondary N) is 2. The van der Waals surface area contributed by atoms with E-state index in [0.29, 0.717) is 6.61 Å². The van der Waals surface area contributed by atoms with Gasteiger partial charge in [0.05, 0.1) is 16.7 Å². The third-order valence-corrected chi connectivity index (χ3v) is 5.66. The zero-order valence-corrected chi connectivity index (χ0v) is 14.4. The van der Waals surface area contributed by atoms with E-state index < -0.39 is 0 Å². The van der Waals surface area contributed by atoms with E-state index in [9.17, 15) is 4.79 Å². The smallest absolute Gasteiger partial charge is 0.262 e. The molecular weight excluding hydrogens is 318 g/mol. The number of hydrazone groups is 1. The molecule has 3 aliphatic heterocycles. The van der Waals surface area contributed by atoms with E-state index in [4.69, 9.17) is 4.74 Å². The molecular formula is C18H21N5O2. The van der Waals surface area contributed by atoms with E-state index in [-0.39, 0.29) is 17.5 Å². The second-order valence-corrected chi connectivity index (χ2v) is 7.33. The third kappa shape index (κ3) is 2.02. The number of aromatic nitrogens is 1. The molecule has 25 heavy (non-hydrogen) atoms. The average molecular weight is 339 g/mol. The number of hydrogen-bond donors (Lipinski definition) is 2. The van der Waals surface area contributed by atoms with Crippen molar-refractivity contribution in [3.05, 3.63) is 24.4 Å². The minimum Gasteiger partial charge on any atom is -0.483 e. The third-order valence-electron chi connectivity index (χ3n) is 5.66. The highest BCUT2D eigenvalue weighted by molar-refractivity contribution is 6.10. The first-order chi connectivity index (χ1) is 12.1. The fraction of sp³-hybridized carbons (Fsp3) is 0.444. The maximum Gasteiger partial charge on any atom is 0.262 e. The van der Waals surface area contributed by atoms with Gasteiger partial charge in [-0.05, 0) is 45.0 Å². The van der Waals surface area contributed by atoms with Crippen LogP contribution in [0.2, 0.25) is 0 Å². The molecule has 1 amide bonds. The normalized spacial score (nSPS) is 28.2. The van der Waals surface area contributed by atoms with Crippen LogP contribution >= 0.6 is 0 Å². The molecule has 1 aromatic carbocycles. The second kappa shape index (κ2) is 4.98. The molecule has 1 saturated heterocycles. The molecule has 2 atom stereocenters. The molecule has 5 rings (SSSR count). The first kappa shape index (κ1) is 14.8. The van der Waals surface area contributed by atoms with Crippen LogP contribution in [0, 0.1) is 0 Å². The van der Waals surface area contributed by atoms with Crippen LogP contribution in [0.15, 0.2) is 29.5 Å². The maximum atomic E-state index is 12.1. The van der Waals surface area contributed by atoms with Gasteiger partial charge in [-0.3, -0.25) is 4.79 Å². The molecule has 0 saturated carbocycles. The van der Waals surface area contributed by atoms with Gasteiger partial charge < -0.3 is 19.5 Å². The van der Waals surface area contributed by atoms with Crippen molar-refractivity contribution in [2.24, 2.45) is 5.10 Å². The fourth-order valence-corrected chi connectivity index (χ4v) is 4.13. The van der Waals surface area contributed by atoms with Crippen molar-refractivity contribution in [2.45, 2.75) is 31.8 Å². The second-order valence-electron chi connectivity index (χ2n) is 7.33. The Morgan fingerprint density at radius 3 is 3.08 bits per heavy atom. The predicted octanol–water partition coefficient (Wildman–Crippen LogP) is 1.38. The van der Waals surface area contributed by atoms with Gasteiger partial charge in [0, 0.05) is 18.1 Å². The molecule has 1 fully saturated rings. The number of rotatable bonds is 1. The first-order valence-corrected chi connectivity index (χ1v) is 8.72. The number of amidine groups is 1. The number of anilines is 1. The van der Waals surface area contributed by atoms with Crippen molar-refractivity contribution in [3.8, 4) is 5.75 Å². The maximum absolute atomic E-state index is 12.1. The minimum atomic E-state index is -0.306. The van der Waals surface area contributed by atoms with Crippen LogP contribution in [-0.4, -0.2) is 42.0 Å². The number of nitrogens with zero attached hydrogens (tertiary/aromatic N) is 3. The summed E-state index contributed by atoms with van der Waals surface area (Å²) in [6, 6.07) is 6.04. The van der Waals surface area contributed by atoms with Gasteiger partial charge in [-0.25, -0.2) is 5.43 Å². The number of benzene rings is 1. The summed E-state index contributed by atoms with van der Waals surface area (Å²) in [7, 11) is 0. The van der Waals surface area contributed by atoms with Crippen molar-refractivity contribution in [1.29, 1.82) is 0 Å². The summed E-state index contributed by atoms with van der Waals surface area (Å²) in [6.45, 7) is 6.53. The van der Waals surface area contributed by atoms with Crippen LogP contribution in [-0.2, 0) is 10.3 Å². The molecule has 0 bridgehead atoms. The van der Waals surface area contributed by atoms with Crippen molar-refractivity contribution in [1.82, 2.24) is 15.3 Å². The zero-order chi connectivity index (χ0) is 17.2. The van der Waals surface area contributed by atoms with E-state index in [0.717, 1.165) is 47.7 Å². The van der Waals surface area contributed by atoms with Crippen LogP contribution in [0.25, 0.3) is 10.9 Å². The average Bonchev–Trinajstić information content (AvgIpc) is 3.22. The van der Waals surface area contributed by atoms with Gasteiger partial charge in [0.15, 0.2) is 5.84 Å². The SMILES string of the molecule is C[C@H]1C(=O)NN=C2COc3cc4ccn([C@]5(C)CCNC5)c4cc3N21. The highest BCUT2D eigenvalue weighted by Gasteiger charge is 2.36. The molecule has 7 nitrogen and oxygen atoms in total. The molecule has 2 aromatic rings. The summed E-state index contributed by atoms with van der Waals surface area (Å²) < 4.78 is 8.25. The molecule has 0 radical (unpaired) electrons. The summed E-state index contributed by atoms with van der Waals surface area (Å²) in [5.41, 5.74) is 4.70. The van der Waals surface area contributed by atoms with E-state index in [1.54, 1.807) is 0 Å². The van der Waals surface area contributed by atoms with Crippen molar-refractivity contribution >= 4 is 28.3 Å². The Bertz CT molecular complexity index is 910. The van der Waals surface area contributed by atoms with Gasteiger partial charge in [0.1, 0.15) is 18.4 Å². The molecule has 2 N–H and O–H groups in total. The van der Waals surface area contributed by atoms with Gasteiger partial charge in [-0.15, -0.1) is 0 Å². The Balaban J connectivity index is 1.69. The summed E-state index contributed by atoms with van der Waals surface area (Å²) >= 11 is 0. The number of amides is 1. The lowest BCUT2D eigenvalue weighted by molar-refractivity contribution is -0.122. The van der Waals surface area contributed by atoms with Crippen molar-refractivity contribution < 1.29 is 9.53 Å². The van der Waals surface area contributed by atoms with E-state index >= 15 is 0 Å². The van der Waals surface area contributed by atoms with Crippen LogP contribution in [0.1, 0.15) is 20.3 Å². The van der Waals surface area contributed by atoms with Gasteiger partial charge in [0.25, 0.3) is 5.91 Å². The highest BCUT2D eigenvalue weighted by Crippen LogP contribution is 2.40. The van der Waals surface area contributed by atoms with Gasteiger partial charge in [-0.2, -0.15) is 5.10 Å². The number of ether oxygens (including phenoxy) is 1. The number of carbonyl (C=O) groups excluding carboxylic acids is 1.